The van der Waals surface area contributed by atoms with Crippen molar-refractivity contribution in [2.75, 3.05) is 16.7 Å². The van der Waals surface area contributed by atoms with Crippen LogP contribution in [0.2, 0.25) is 0 Å². The van der Waals surface area contributed by atoms with Crippen molar-refractivity contribution in [3.05, 3.63) is 89.5 Å². The smallest absolute Gasteiger partial charge is 0.264 e. The lowest BCUT2D eigenvalue weighted by molar-refractivity contribution is 0.0940. The molecular formula is C26H29N3O4S. The van der Waals surface area contributed by atoms with Gasteiger partial charge in [-0.1, -0.05) is 36.8 Å². The fourth-order valence-electron chi connectivity index (χ4n) is 3.22. The largest absolute Gasteiger partial charge is 0.350 e. The molecule has 3 rings (SSSR count). The quantitative estimate of drug-likeness (QED) is 0.494. The summed E-state index contributed by atoms with van der Waals surface area (Å²) >= 11 is 0. The fraction of sp³-hybridized carbons (Fsp3) is 0.231. The summed E-state index contributed by atoms with van der Waals surface area (Å²) in [7, 11) is -2.26. The van der Waals surface area contributed by atoms with Gasteiger partial charge in [-0.15, -0.1) is 0 Å². The van der Waals surface area contributed by atoms with E-state index in [0.717, 1.165) is 12.0 Å². The molecule has 0 aliphatic rings. The van der Waals surface area contributed by atoms with Gasteiger partial charge in [-0.2, -0.15) is 0 Å². The normalized spacial score (nSPS) is 12.0. The molecule has 3 aromatic rings. The first-order valence-electron chi connectivity index (χ1n) is 11.0. The van der Waals surface area contributed by atoms with Gasteiger partial charge in [0.2, 0.25) is 0 Å². The molecule has 0 aromatic heterocycles. The average Bonchev–Trinajstić information content (AvgIpc) is 2.84. The van der Waals surface area contributed by atoms with E-state index >= 15 is 0 Å². The highest BCUT2D eigenvalue weighted by Crippen LogP contribution is 2.23. The van der Waals surface area contributed by atoms with Gasteiger partial charge in [0.05, 0.1) is 21.8 Å². The van der Waals surface area contributed by atoms with E-state index in [2.05, 4.69) is 10.6 Å². The van der Waals surface area contributed by atoms with E-state index < -0.39 is 15.9 Å². The maximum atomic E-state index is 12.9. The zero-order valence-electron chi connectivity index (χ0n) is 19.7. The number of anilines is 2. The molecule has 0 saturated heterocycles. The topological polar surface area (TPSA) is 95.6 Å². The van der Waals surface area contributed by atoms with Gasteiger partial charge in [0.25, 0.3) is 21.8 Å². The Morgan fingerprint density at radius 1 is 0.912 bits per heavy atom. The molecule has 0 aliphatic carbocycles. The van der Waals surface area contributed by atoms with E-state index in [-0.39, 0.29) is 16.8 Å². The Balaban J connectivity index is 1.76. The molecule has 7 nitrogen and oxygen atoms in total. The predicted octanol–water partition coefficient (Wildman–Crippen LogP) is 4.60. The number of aryl methyl sites for hydroxylation is 1. The first-order chi connectivity index (χ1) is 16.1. The lowest BCUT2D eigenvalue weighted by atomic mass is 10.1. The fourth-order valence-corrected chi connectivity index (χ4v) is 4.41. The number of para-hydroxylation sites is 1. The maximum Gasteiger partial charge on any atom is 0.264 e. The Kier molecular flexibility index (Phi) is 7.73. The van der Waals surface area contributed by atoms with Crippen molar-refractivity contribution < 1.29 is 18.0 Å². The Hall–Kier alpha value is -3.65. The summed E-state index contributed by atoms with van der Waals surface area (Å²) in [5, 5.41) is 5.67. The van der Waals surface area contributed by atoms with Crippen molar-refractivity contribution in [1.82, 2.24) is 5.32 Å². The number of nitrogens with one attached hydrogen (secondary N) is 2. The molecular weight excluding hydrogens is 450 g/mol. The van der Waals surface area contributed by atoms with Crippen molar-refractivity contribution in [2.45, 2.75) is 38.1 Å². The molecule has 34 heavy (non-hydrogen) atoms. The van der Waals surface area contributed by atoms with E-state index in [1.165, 1.54) is 11.4 Å². The van der Waals surface area contributed by atoms with Gasteiger partial charge < -0.3 is 10.6 Å². The number of nitrogens with zero attached hydrogens (tertiary/aromatic N) is 1. The SMILES string of the molecule is CCC(C)NC(=O)c1ccccc1NC(=O)c1ccc(N(C)S(=O)(=O)c2ccc(C)cc2)cc1. The van der Waals surface area contributed by atoms with Crippen LogP contribution in [-0.4, -0.2) is 33.3 Å². The maximum absolute atomic E-state index is 12.9. The van der Waals surface area contributed by atoms with E-state index in [0.29, 0.717) is 22.5 Å². The van der Waals surface area contributed by atoms with E-state index in [9.17, 15) is 18.0 Å². The third kappa shape index (κ3) is 5.63. The number of hydrogen-bond acceptors (Lipinski definition) is 4. The Bertz CT molecular complexity index is 1270. The number of carbonyl (C=O) groups excluding carboxylic acids is 2. The van der Waals surface area contributed by atoms with Gasteiger partial charge in [-0.3, -0.25) is 13.9 Å². The zero-order valence-corrected chi connectivity index (χ0v) is 20.5. The summed E-state index contributed by atoms with van der Waals surface area (Å²) in [6.45, 7) is 5.78. The first-order valence-corrected chi connectivity index (χ1v) is 12.4. The third-order valence-corrected chi connectivity index (χ3v) is 7.38. The van der Waals surface area contributed by atoms with Crippen LogP contribution in [0.15, 0.2) is 77.7 Å². The third-order valence-electron chi connectivity index (χ3n) is 5.58. The van der Waals surface area contributed by atoms with Crippen molar-refractivity contribution in [1.29, 1.82) is 0 Å². The van der Waals surface area contributed by atoms with Crippen LogP contribution in [0.3, 0.4) is 0 Å². The van der Waals surface area contributed by atoms with Crippen LogP contribution in [0, 0.1) is 6.92 Å². The second-order valence-electron chi connectivity index (χ2n) is 8.11. The zero-order chi connectivity index (χ0) is 24.9. The highest BCUT2D eigenvalue weighted by molar-refractivity contribution is 7.92. The monoisotopic (exact) mass is 479 g/mol. The molecule has 0 saturated carbocycles. The number of benzene rings is 3. The molecule has 1 unspecified atom stereocenters. The number of carbonyl (C=O) groups is 2. The molecule has 2 N–H and O–H groups in total. The molecule has 0 aliphatic heterocycles. The average molecular weight is 480 g/mol. The summed E-state index contributed by atoms with van der Waals surface area (Å²) in [4.78, 5) is 25.6. The van der Waals surface area contributed by atoms with Crippen molar-refractivity contribution in [3.8, 4) is 0 Å². The minimum absolute atomic E-state index is 0.0111. The summed E-state index contributed by atoms with van der Waals surface area (Å²) < 4.78 is 27.0. The summed E-state index contributed by atoms with van der Waals surface area (Å²) in [5.74, 6) is -0.664. The summed E-state index contributed by atoms with van der Waals surface area (Å²) in [5.41, 5.74) is 2.50. The Labute approximate surface area is 200 Å². The van der Waals surface area contributed by atoms with Gasteiger partial charge in [-0.25, -0.2) is 8.42 Å². The second kappa shape index (κ2) is 10.5. The number of amides is 2. The minimum Gasteiger partial charge on any atom is -0.350 e. The molecule has 2 amide bonds. The standard InChI is InChI=1S/C26H29N3O4S/c1-5-19(3)27-26(31)23-8-6-7-9-24(23)28-25(30)20-12-14-21(15-13-20)29(4)34(32,33)22-16-10-18(2)11-17-22/h6-17,19H,5H2,1-4H3,(H,27,31)(H,28,30). The lowest BCUT2D eigenvalue weighted by Crippen LogP contribution is -2.32. The molecule has 3 aromatic carbocycles. The van der Waals surface area contributed by atoms with Crippen LogP contribution in [0.25, 0.3) is 0 Å². The van der Waals surface area contributed by atoms with Gasteiger partial charge in [0, 0.05) is 18.7 Å². The van der Waals surface area contributed by atoms with Crippen molar-refractivity contribution in [3.63, 3.8) is 0 Å². The Morgan fingerprint density at radius 2 is 1.53 bits per heavy atom. The lowest BCUT2D eigenvalue weighted by Gasteiger charge is -2.20. The van der Waals surface area contributed by atoms with E-state index in [1.54, 1.807) is 72.8 Å². The van der Waals surface area contributed by atoms with Crippen LogP contribution >= 0.6 is 0 Å². The molecule has 0 spiro atoms. The second-order valence-corrected chi connectivity index (χ2v) is 10.1. The number of hydrogen-bond donors (Lipinski definition) is 2. The van der Waals surface area contributed by atoms with Crippen LogP contribution in [-0.2, 0) is 10.0 Å². The van der Waals surface area contributed by atoms with Gasteiger partial charge >= 0.3 is 0 Å². The van der Waals surface area contributed by atoms with E-state index in [4.69, 9.17) is 0 Å². The minimum atomic E-state index is -3.73. The predicted molar refractivity (Wildman–Crippen MR) is 135 cm³/mol. The molecule has 1 atom stereocenters. The van der Waals surface area contributed by atoms with Crippen LogP contribution < -0.4 is 14.9 Å². The van der Waals surface area contributed by atoms with Crippen molar-refractivity contribution in [2.24, 2.45) is 0 Å². The molecule has 0 fully saturated rings. The van der Waals surface area contributed by atoms with Gasteiger partial charge in [0.15, 0.2) is 0 Å². The van der Waals surface area contributed by atoms with E-state index in [1.807, 2.05) is 20.8 Å². The molecule has 0 heterocycles. The van der Waals surface area contributed by atoms with Crippen LogP contribution in [0.4, 0.5) is 11.4 Å². The molecule has 178 valence electrons. The number of rotatable bonds is 8. The Morgan fingerprint density at radius 3 is 2.15 bits per heavy atom. The highest BCUT2D eigenvalue weighted by atomic mass is 32.2. The van der Waals surface area contributed by atoms with Crippen LogP contribution in [0.5, 0.6) is 0 Å². The summed E-state index contributed by atoms with van der Waals surface area (Å²) in [6, 6.07) is 19.7. The highest BCUT2D eigenvalue weighted by Gasteiger charge is 2.21. The number of sulfonamides is 1. The summed E-state index contributed by atoms with van der Waals surface area (Å²) in [6.07, 6.45) is 0.792. The van der Waals surface area contributed by atoms with Crippen molar-refractivity contribution >= 4 is 33.2 Å². The van der Waals surface area contributed by atoms with Gasteiger partial charge in [-0.05, 0) is 68.8 Å². The molecule has 0 radical (unpaired) electrons. The van der Waals surface area contributed by atoms with Crippen LogP contribution in [0.1, 0.15) is 46.5 Å². The molecule has 0 bridgehead atoms. The first kappa shape index (κ1) is 25.0. The molecule has 8 heteroatoms. The van der Waals surface area contributed by atoms with Gasteiger partial charge in [0.1, 0.15) is 0 Å².